The molecule has 0 aliphatic heterocycles. The van der Waals surface area contributed by atoms with E-state index >= 15 is 0 Å². The highest BCUT2D eigenvalue weighted by Gasteiger charge is 2.14. The molecule has 1 aromatic rings. The van der Waals surface area contributed by atoms with Gasteiger partial charge in [0, 0.05) is 12.6 Å². The molecule has 1 N–H and O–H groups in total. The average molecular weight is 347 g/mol. The van der Waals surface area contributed by atoms with Gasteiger partial charge in [-0.25, -0.2) is 0 Å². The van der Waals surface area contributed by atoms with Crippen LogP contribution in [0.1, 0.15) is 45.6 Å². The van der Waals surface area contributed by atoms with E-state index in [-0.39, 0.29) is 0 Å². The summed E-state index contributed by atoms with van der Waals surface area (Å²) in [5.41, 5.74) is 2.07. The van der Waals surface area contributed by atoms with Crippen LogP contribution in [0, 0.1) is 5.92 Å². The Balaban J connectivity index is 2.53. The molecular weight excluding hydrogens is 312 g/mol. The van der Waals surface area contributed by atoms with Crippen LogP contribution in [0.3, 0.4) is 0 Å². The lowest BCUT2D eigenvalue weighted by atomic mass is 9.95. The van der Waals surface area contributed by atoms with Crippen molar-refractivity contribution in [2.75, 3.05) is 26.4 Å². The molecule has 0 aliphatic carbocycles. The Labute approximate surface area is 153 Å². The fraction of sp³-hybridized carbons (Fsp3) is 0.571. The van der Waals surface area contributed by atoms with Crippen LogP contribution >= 0.6 is 0 Å². The van der Waals surface area contributed by atoms with Crippen LogP contribution in [0.15, 0.2) is 48.1 Å². The van der Waals surface area contributed by atoms with Crippen molar-refractivity contribution in [3.8, 4) is 0 Å². The standard InChI is InChI=1S/C21H34N2O2/c1-5-11-19(17-24-15-10-14-22-18(3)4)16-21(23-25-6-2)20-12-8-7-9-13-20/h5,7-9,12-13,18-19,22H,1,6,10-11,14-17H2,2-4H3. The van der Waals surface area contributed by atoms with Crippen molar-refractivity contribution in [2.45, 2.75) is 46.1 Å². The molecule has 0 spiro atoms. The van der Waals surface area contributed by atoms with Gasteiger partial charge in [-0.3, -0.25) is 0 Å². The highest BCUT2D eigenvalue weighted by molar-refractivity contribution is 6.00. The Morgan fingerprint density at radius 3 is 2.68 bits per heavy atom. The maximum absolute atomic E-state index is 5.89. The minimum Gasteiger partial charge on any atom is -0.396 e. The Hall–Kier alpha value is -1.65. The third kappa shape index (κ3) is 10.0. The van der Waals surface area contributed by atoms with Gasteiger partial charge in [0.15, 0.2) is 0 Å². The van der Waals surface area contributed by atoms with E-state index in [2.05, 4.69) is 43.0 Å². The predicted octanol–water partition coefficient (Wildman–Crippen LogP) is 4.41. The van der Waals surface area contributed by atoms with E-state index in [4.69, 9.17) is 9.57 Å². The molecule has 0 saturated carbocycles. The van der Waals surface area contributed by atoms with Crippen molar-refractivity contribution in [1.29, 1.82) is 0 Å². The van der Waals surface area contributed by atoms with Gasteiger partial charge < -0.3 is 14.9 Å². The van der Waals surface area contributed by atoms with Gasteiger partial charge in [-0.15, -0.1) is 6.58 Å². The zero-order valence-corrected chi connectivity index (χ0v) is 16.0. The molecule has 4 heteroatoms. The number of oxime groups is 1. The van der Waals surface area contributed by atoms with Crippen molar-refractivity contribution in [3.63, 3.8) is 0 Å². The zero-order valence-electron chi connectivity index (χ0n) is 16.0. The molecule has 0 heterocycles. The number of rotatable bonds is 14. The van der Waals surface area contributed by atoms with Crippen LogP contribution in [-0.4, -0.2) is 38.1 Å². The number of ether oxygens (including phenoxy) is 1. The van der Waals surface area contributed by atoms with Crippen molar-refractivity contribution >= 4 is 5.71 Å². The molecule has 0 saturated heterocycles. The lowest BCUT2D eigenvalue weighted by molar-refractivity contribution is 0.0990. The molecule has 1 unspecified atom stereocenters. The largest absolute Gasteiger partial charge is 0.396 e. The second-order valence-corrected chi connectivity index (χ2v) is 6.45. The minimum atomic E-state index is 0.356. The SMILES string of the molecule is C=CCC(COCCCNC(C)C)CC(=NOCC)c1ccccc1. The van der Waals surface area contributed by atoms with Crippen molar-refractivity contribution in [3.05, 3.63) is 48.6 Å². The van der Waals surface area contributed by atoms with Gasteiger partial charge in [0.2, 0.25) is 0 Å². The first-order valence-electron chi connectivity index (χ1n) is 9.33. The summed E-state index contributed by atoms with van der Waals surface area (Å²) in [6.45, 7) is 13.2. The molecule has 0 aromatic heterocycles. The van der Waals surface area contributed by atoms with Crippen LogP contribution < -0.4 is 5.32 Å². The third-order valence-electron chi connectivity index (χ3n) is 3.76. The summed E-state index contributed by atoms with van der Waals surface area (Å²) >= 11 is 0. The maximum atomic E-state index is 5.89. The number of nitrogens with one attached hydrogen (secondary N) is 1. The molecule has 1 atom stereocenters. The molecule has 0 bridgehead atoms. The second kappa shape index (κ2) is 13.6. The molecule has 0 amide bonds. The predicted molar refractivity (Wildman–Crippen MR) is 106 cm³/mol. The lowest BCUT2D eigenvalue weighted by Gasteiger charge is -2.17. The summed E-state index contributed by atoms with van der Waals surface area (Å²) in [7, 11) is 0. The quantitative estimate of drug-likeness (QED) is 0.235. The summed E-state index contributed by atoms with van der Waals surface area (Å²) in [4.78, 5) is 5.32. The van der Waals surface area contributed by atoms with E-state index in [1.54, 1.807) is 0 Å². The van der Waals surface area contributed by atoms with Crippen molar-refractivity contribution < 1.29 is 9.57 Å². The Kier molecular flexibility index (Phi) is 11.7. The molecule has 4 nitrogen and oxygen atoms in total. The fourth-order valence-corrected chi connectivity index (χ4v) is 2.52. The molecule has 0 fully saturated rings. The second-order valence-electron chi connectivity index (χ2n) is 6.45. The van der Waals surface area contributed by atoms with E-state index in [1.807, 2.05) is 31.2 Å². The van der Waals surface area contributed by atoms with E-state index in [0.717, 1.165) is 43.7 Å². The van der Waals surface area contributed by atoms with Crippen LogP contribution in [-0.2, 0) is 9.57 Å². The maximum Gasteiger partial charge on any atom is 0.114 e. The smallest absolute Gasteiger partial charge is 0.114 e. The number of hydrogen-bond donors (Lipinski definition) is 1. The first-order valence-corrected chi connectivity index (χ1v) is 9.33. The first-order chi connectivity index (χ1) is 12.2. The molecular formula is C21H34N2O2. The molecule has 0 aliphatic rings. The van der Waals surface area contributed by atoms with Gasteiger partial charge in [0.25, 0.3) is 0 Å². The average Bonchev–Trinajstić information content (AvgIpc) is 2.61. The highest BCUT2D eigenvalue weighted by Crippen LogP contribution is 2.16. The third-order valence-corrected chi connectivity index (χ3v) is 3.76. The summed E-state index contributed by atoms with van der Waals surface area (Å²) < 4.78 is 5.89. The Bertz CT molecular complexity index is 486. The van der Waals surface area contributed by atoms with E-state index in [9.17, 15) is 0 Å². The van der Waals surface area contributed by atoms with E-state index in [1.165, 1.54) is 0 Å². The summed E-state index contributed by atoms with van der Waals surface area (Å²) in [6.07, 6.45) is 4.71. The van der Waals surface area contributed by atoms with Crippen molar-refractivity contribution in [1.82, 2.24) is 5.32 Å². The van der Waals surface area contributed by atoms with Crippen LogP contribution in [0.25, 0.3) is 0 Å². The van der Waals surface area contributed by atoms with Gasteiger partial charge in [-0.1, -0.05) is 55.4 Å². The minimum absolute atomic E-state index is 0.356. The normalized spacial score (nSPS) is 13.0. The zero-order chi connectivity index (χ0) is 18.3. The monoisotopic (exact) mass is 346 g/mol. The fourth-order valence-electron chi connectivity index (χ4n) is 2.52. The van der Waals surface area contributed by atoms with Gasteiger partial charge >= 0.3 is 0 Å². The Morgan fingerprint density at radius 2 is 2.04 bits per heavy atom. The number of hydrogen-bond acceptors (Lipinski definition) is 4. The van der Waals surface area contributed by atoms with Gasteiger partial charge in [-0.2, -0.15) is 0 Å². The number of nitrogens with zero attached hydrogens (tertiary/aromatic N) is 1. The topological polar surface area (TPSA) is 42.8 Å². The highest BCUT2D eigenvalue weighted by atomic mass is 16.6. The van der Waals surface area contributed by atoms with Crippen LogP contribution in [0.5, 0.6) is 0 Å². The van der Waals surface area contributed by atoms with Crippen LogP contribution in [0.4, 0.5) is 0 Å². The molecule has 1 rings (SSSR count). The van der Waals surface area contributed by atoms with E-state index in [0.29, 0.717) is 25.2 Å². The van der Waals surface area contributed by atoms with Crippen LogP contribution in [0.2, 0.25) is 0 Å². The number of allylic oxidation sites excluding steroid dienone is 1. The summed E-state index contributed by atoms with van der Waals surface area (Å²) in [5, 5.41) is 7.73. The summed E-state index contributed by atoms with van der Waals surface area (Å²) in [6, 6.07) is 10.7. The first kappa shape index (κ1) is 21.4. The summed E-state index contributed by atoms with van der Waals surface area (Å²) in [5.74, 6) is 0.356. The van der Waals surface area contributed by atoms with Gasteiger partial charge in [-0.05, 0) is 44.2 Å². The molecule has 140 valence electrons. The number of benzene rings is 1. The van der Waals surface area contributed by atoms with Crippen molar-refractivity contribution in [2.24, 2.45) is 11.1 Å². The molecule has 1 aromatic carbocycles. The Morgan fingerprint density at radius 1 is 1.28 bits per heavy atom. The lowest BCUT2D eigenvalue weighted by Crippen LogP contribution is -2.25. The molecule has 0 radical (unpaired) electrons. The molecule has 25 heavy (non-hydrogen) atoms. The van der Waals surface area contributed by atoms with Gasteiger partial charge in [0.05, 0.1) is 12.3 Å². The van der Waals surface area contributed by atoms with E-state index < -0.39 is 0 Å². The van der Waals surface area contributed by atoms with Gasteiger partial charge in [0.1, 0.15) is 6.61 Å².